The van der Waals surface area contributed by atoms with E-state index in [0.29, 0.717) is 31.3 Å². The molecular weight excluding hydrogens is 737 g/mol. The van der Waals surface area contributed by atoms with E-state index in [0.717, 1.165) is 38.6 Å². The third kappa shape index (κ3) is 6.53. The first-order valence-corrected chi connectivity index (χ1v) is 19.1. The van der Waals surface area contributed by atoms with Gasteiger partial charge in [0.25, 0.3) is 0 Å². The zero-order chi connectivity index (χ0) is 39.8. The van der Waals surface area contributed by atoms with Crippen molar-refractivity contribution in [3.05, 3.63) is 41.5 Å². The number of benzene rings is 2. The average Bonchev–Trinajstić information content (AvgIpc) is 3.57. The summed E-state index contributed by atoms with van der Waals surface area (Å²) in [5.41, 5.74) is -4.69. The number of piperidine rings is 2. The Hall–Kier alpha value is -4.52. The van der Waals surface area contributed by atoms with Gasteiger partial charge in [-0.3, -0.25) is 4.90 Å². The molecule has 2 aliphatic carbocycles. The van der Waals surface area contributed by atoms with Gasteiger partial charge in [0.1, 0.15) is 34.0 Å². The average molecular weight is 782 g/mol. The highest BCUT2D eigenvalue weighted by atomic mass is 19.4. The number of phenols is 1. The number of β-amino-alcohol motifs (C(OH)–C–C–N with tert-alkyl or cyclic N) is 1. The smallest absolute Gasteiger partial charge is 0.417 e. The van der Waals surface area contributed by atoms with Gasteiger partial charge in [0.15, 0.2) is 11.4 Å². The number of anilines is 1. The van der Waals surface area contributed by atoms with Crippen molar-refractivity contribution in [1.82, 2.24) is 19.9 Å². The molecule has 2 aliphatic heterocycles. The number of aromatic nitrogens is 3. The topological polar surface area (TPSA) is 124 Å². The number of hydrogen-bond donors (Lipinski definition) is 3. The van der Waals surface area contributed by atoms with Gasteiger partial charge in [-0.25, -0.2) is 13.8 Å². The molecule has 0 amide bonds. The summed E-state index contributed by atoms with van der Waals surface area (Å²) in [5.74, 6) is 0.398. The number of ether oxygens (including phenoxy) is 2. The Kier molecular flexibility index (Phi) is 9.48. The lowest BCUT2D eigenvalue weighted by Crippen LogP contribution is -2.59. The van der Waals surface area contributed by atoms with E-state index in [-0.39, 0.29) is 99.9 Å². The van der Waals surface area contributed by atoms with Gasteiger partial charge in [-0.1, -0.05) is 18.4 Å². The second-order valence-corrected chi connectivity index (χ2v) is 16.5. The first-order valence-electron chi connectivity index (χ1n) is 19.1. The van der Waals surface area contributed by atoms with Crippen molar-refractivity contribution in [2.75, 3.05) is 44.8 Å². The van der Waals surface area contributed by atoms with Crippen LogP contribution in [-0.2, 0) is 0 Å². The summed E-state index contributed by atoms with van der Waals surface area (Å²) in [7, 11) is 1.36. The Morgan fingerprint density at radius 2 is 1.75 bits per heavy atom. The third-order valence-corrected chi connectivity index (χ3v) is 12.5. The maximum Gasteiger partial charge on any atom is 0.417 e. The number of methoxy groups -OCH3 is 1. The Bertz CT molecular complexity index is 2240. The first kappa shape index (κ1) is 38.4. The number of rotatable bonds is 8. The van der Waals surface area contributed by atoms with Gasteiger partial charge >= 0.3 is 12.2 Å². The van der Waals surface area contributed by atoms with Gasteiger partial charge in [0, 0.05) is 42.0 Å². The largest absolute Gasteiger partial charge is 0.508 e. The van der Waals surface area contributed by atoms with Gasteiger partial charge in [-0.15, -0.1) is 6.42 Å². The number of hydrogen-bond acceptors (Lipinski definition) is 10. The van der Waals surface area contributed by atoms with Crippen molar-refractivity contribution in [3.63, 3.8) is 0 Å². The minimum Gasteiger partial charge on any atom is -0.508 e. The predicted octanol–water partition coefficient (Wildman–Crippen LogP) is 6.89. The molecule has 2 aromatic heterocycles. The highest BCUT2D eigenvalue weighted by Gasteiger charge is 2.61. The number of terminal acetylenes is 1. The van der Waals surface area contributed by atoms with Crippen LogP contribution >= 0.6 is 0 Å². The first-order chi connectivity index (χ1) is 26.5. The van der Waals surface area contributed by atoms with Crippen molar-refractivity contribution < 1.29 is 46.7 Å². The van der Waals surface area contributed by atoms with Gasteiger partial charge < -0.3 is 29.7 Å². The lowest BCUT2D eigenvalue weighted by molar-refractivity contribution is -0.300. The number of nitrogens with zero attached hydrogens (tertiary/aromatic N) is 5. The van der Waals surface area contributed by atoms with Crippen molar-refractivity contribution in [2.24, 2.45) is 11.3 Å². The van der Waals surface area contributed by atoms with E-state index in [1.807, 2.05) is 4.90 Å². The van der Waals surface area contributed by atoms with E-state index >= 15 is 8.78 Å². The van der Waals surface area contributed by atoms with Gasteiger partial charge in [-0.2, -0.15) is 23.1 Å². The SMILES string of the molecule is C#Cc1c(F)ccc2cc(O)cc(-c3nc(OC)c4c(N5CCC[C@@](C)(O)C5)nc(OC[C@]56CCC[C@H]5N(CC5CC(O)(C(F)(F)F)C5)CCC6)nc4c3F)c12. The molecule has 298 valence electrons. The fraction of sp³-hybridized carbons (Fsp3) is 0.537. The third-order valence-electron chi connectivity index (χ3n) is 12.5. The van der Waals surface area contributed by atoms with Gasteiger partial charge in [0.05, 0.1) is 24.9 Å². The Morgan fingerprint density at radius 1 is 1.00 bits per heavy atom. The highest BCUT2D eigenvalue weighted by Crippen LogP contribution is 2.52. The van der Waals surface area contributed by atoms with E-state index in [4.69, 9.17) is 20.9 Å². The Balaban J connectivity index is 1.19. The van der Waals surface area contributed by atoms with E-state index in [1.54, 1.807) is 6.92 Å². The number of fused-ring (bicyclic) bond motifs is 3. The van der Waals surface area contributed by atoms with Crippen LogP contribution in [0.5, 0.6) is 17.6 Å². The summed E-state index contributed by atoms with van der Waals surface area (Å²) < 4.78 is 84.6. The van der Waals surface area contributed by atoms with Crippen LogP contribution in [0.15, 0.2) is 24.3 Å². The van der Waals surface area contributed by atoms with Crippen molar-refractivity contribution in [2.45, 2.75) is 88.1 Å². The lowest BCUT2D eigenvalue weighted by atomic mass is 9.69. The number of pyridine rings is 1. The molecule has 8 rings (SSSR count). The van der Waals surface area contributed by atoms with Crippen LogP contribution in [0.25, 0.3) is 32.9 Å². The number of aliphatic hydroxyl groups is 2. The molecule has 4 fully saturated rings. The fourth-order valence-corrected chi connectivity index (χ4v) is 9.90. The molecule has 4 heterocycles. The van der Waals surface area contributed by atoms with E-state index in [1.165, 1.54) is 31.4 Å². The maximum absolute atomic E-state index is 17.2. The molecule has 10 nitrogen and oxygen atoms in total. The minimum absolute atomic E-state index is 0.0174. The van der Waals surface area contributed by atoms with Crippen LogP contribution in [-0.4, -0.2) is 98.5 Å². The summed E-state index contributed by atoms with van der Waals surface area (Å²) in [4.78, 5) is 18.0. The lowest BCUT2D eigenvalue weighted by Gasteiger charge is -2.51. The van der Waals surface area contributed by atoms with Crippen LogP contribution in [0.4, 0.5) is 27.8 Å². The summed E-state index contributed by atoms with van der Waals surface area (Å²) in [6.45, 7) is 3.71. The van der Waals surface area contributed by atoms with Crippen LogP contribution in [0.2, 0.25) is 0 Å². The van der Waals surface area contributed by atoms with Gasteiger partial charge in [0.2, 0.25) is 5.88 Å². The normalized spacial score (nSPS) is 28.2. The van der Waals surface area contributed by atoms with E-state index in [9.17, 15) is 28.5 Å². The molecule has 0 radical (unpaired) electrons. The maximum atomic E-state index is 17.2. The molecule has 56 heavy (non-hydrogen) atoms. The summed E-state index contributed by atoms with van der Waals surface area (Å²) in [5, 5.41) is 32.5. The quantitative estimate of drug-likeness (QED) is 0.129. The van der Waals surface area contributed by atoms with Crippen LogP contribution < -0.4 is 14.4 Å². The highest BCUT2D eigenvalue weighted by molar-refractivity contribution is 6.04. The fourth-order valence-electron chi connectivity index (χ4n) is 9.90. The molecule has 0 spiro atoms. The predicted molar refractivity (Wildman–Crippen MR) is 199 cm³/mol. The second kappa shape index (κ2) is 13.8. The standard InChI is InChI=1S/C41H44F5N5O5/c1-4-26-28(42)10-9-24-16-25(52)17-27(30(24)26)33-32(43)34-31(36(47-33)55-3)35(51-15-6-11-38(2,53)21-51)49-37(48-34)56-22-39-12-5-8-29(39)50(14-7-13-39)20-23-18-40(54,19-23)41(44,45)46/h1,9-10,16-17,23,29,52-54H,5-8,11-15,18-22H2,2-3H3/t23?,29-,38-,39-,40?/m1/s1. The minimum atomic E-state index is -4.65. The molecule has 2 saturated heterocycles. The summed E-state index contributed by atoms with van der Waals surface area (Å²) >= 11 is 0. The molecule has 4 aromatic rings. The van der Waals surface area contributed by atoms with Crippen LogP contribution in [0.3, 0.4) is 0 Å². The van der Waals surface area contributed by atoms with Crippen molar-refractivity contribution in [1.29, 1.82) is 0 Å². The molecule has 4 aliphatic rings. The molecule has 2 saturated carbocycles. The Labute approximate surface area is 320 Å². The van der Waals surface area contributed by atoms with E-state index < -0.39 is 29.0 Å². The molecule has 3 atom stereocenters. The van der Waals surface area contributed by atoms with Crippen molar-refractivity contribution >= 4 is 27.5 Å². The number of phenolic OH excluding ortho intramolecular Hbond substituents is 1. The molecule has 3 N–H and O–H groups in total. The number of alkyl halides is 3. The second-order valence-electron chi connectivity index (χ2n) is 16.5. The number of likely N-dealkylation sites (tertiary alicyclic amines) is 1. The number of aromatic hydroxyl groups is 1. The zero-order valence-corrected chi connectivity index (χ0v) is 31.2. The van der Waals surface area contributed by atoms with Crippen LogP contribution in [0, 0.1) is 35.3 Å². The summed E-state index contributed by atoms with van der Waals surface area (Å²) in [6, 6.07) is 5.14. The van der Waals surface area contributed by atoms with Crippen molar-refractivity contribution in [3.8, 4) is 41.2 Å². The monoisotopic (exact) mass is 781 g/mol. The number of halogens is 5. The molecule has 0 unspecified atom stereocenters. The van der Waals surface area contributed by atoms with E-state index in [2.05, 4.69) is 20.8 Å². The Morgan fingerprint density at radius 3 is 2.46 bits per heavy atom. The molecule has 2 aromatic carbocycles. The summed E-state index contributed by atoms with van der Waals surface area (Å²) in [6.07, 6.45) is 5.76. The van der Waals surface area contributed by atoms with Crippen LogP contribution in [0.1, 0.15) is 70.3 Å². The molecule has 0 bridgehead atoms. The zero-order valence-electron chi connectivity index (χ0n) is 31.2. The molecule has 15 heteroatoms. The molecular formula is C41H44F5N5O5. The van der Waals surface area contributed by atoms with Gasteiger partial charge in [-0.05, 0) is 94.3 Å².